The van der Waals surface area contributed by atoms with Crippen LogP contribution in [0.3, 0.4) is 0 Å². The van der Waals surface area contributed by atoms with Crippen LogP contribution in [0.1, 0.15) is 17.0 Å². The predicted molar refractivity (Wildman–Crippen MR) is 70.0 cm³/mol. The van der Waals surface area contributed by atoms with E-state index >= 15 is 0 Å². The average Bonchev–Trinajstić information content (AvgIpc) is 2.32. The first-order valence-electron chi connectivity index (χ1n) is 5.42. The van der Waals surface area contributed by atoms with E-state index in [0.29, 0.717) is 27.8 Å². The van der Waals surface area contributed by atoms with Gasteiger partial charge in [-0.2, -0.15) is 5.26 Å². The van der Waals surface area contributed by atoms with Gasteiger partial charge in [0.05, 0.1) is 5.69 Å². The van der Waals surface area contributed by atoms with E-state index in [4.69, 9.17) is 21.6 Å². The molecule has 0 saturated heterocycles. The van der Waals surface area contributed by atoms with Crippen molar-refractivity contribution in [2.24, 2.45) is 0 Å². The first kappa shape index (κ1) is 12.4. The summed E-state index contributed by atoms with van der Waals surface area (Å²) in [6.07, 6.45) is 0. The van der Waals surface area contributed by atoms with Gasteiger partial charge < -0.3 is 4.74 Å². The number of pyridine rings is 1. The normalized spacial score (nSPS) is 9.89. The minimum absolute atomic E-state index is 0.454. The van der Waals surface area contributed by atoms with Crippen LogP contribution in [0.15, 0.2) is 30.3 Å². The molecule has 4 heteroatoms. The third-order valence-electron chi connectivity index (χ3n) is 2.45. The summed E-state index contributed by atoms with van der Waals surface area (Å²) in [6, 6.07) is 10.9. The van der Waals surface area contributed by atoms with Crippen LogP contribution in [-0.4, -0.2) is 4.98 Å². The third kappa shape index (κ3) is 2.61. The van der Waals surface area contributed by atoms with E-state index < -0.39 is 0 Å². The first-order chi connectivity index (χ1) is 8.60. The van der Waals surface area contributed by atoms with Gasteiger partial charge in [0.2, 0.25) is 0 Å². The lowest BCUT2D eigenvalue weighted by molar-refractivity contribution is 0.479. The van der Waals surface area contributed by atoms with Crippen molar-refractivity contribution in [2.45, 2.75) is 13.8 Å². The predicted octanol–water partition coefficient (Wildman–Crippen LogP) is 4.02. The number of aromatic nitrogens is 1. The van der Waals surface area contributed by atoms with Gasteiger partial charge in [-0.1, -0.05) is 11.6 Å². The average molecular weight is 259 g/mol. The molecule has 2 aromatic rings. The maximum absolute atomic E-state index is 9.12. The Morgan fingerprint density at radius 2 is 1.89 bits per heavy atom. The molecule has 18 heavy (non-hydrogen) atoms. The molecule has 1 heterocycles. The number of aryl methyl sites for hydroxylation is 2. The van der Waals surface area contributed by atoms with Crippen LogP contribution < -0.4 is 4.74 Å². The van der Waals surface area contributed by atoms with Gasteiger partial charge in [0.1, 0.15) is 23.1 Å². The molecule has 0 aliphatic heterocycles. The Kier molecular flexibility index (Phi) is 3.50. The zero-order valence-electron chi connectivity index (χ0n) is 10.1. The van der Waals surface area contributed by atoms with E-state index in [9.17, 15) is 0 Å². The Morgan fingerprint density at radius 3 is 2.50 bits per heavy atom. The summed E-state index contributed by atoms with van der Waals surface area (Å²) in [6.45, 7) is 3.66. The number of rotatable bonds is 2. The number of hydrogen-bond acceptors (Lipinski definition) is 3. The Hall–Kier alpha value is -2.05. The molecule has 0 spiro atoms. The topological polar surface area (TPSA) is 45.9 Å². The molecule has 2 rings (SSSR count). The van der Waals surface area contributed by atoms with E-state index in [0.717, 1.165) is 5.69 Å². The number of nitriles is 1. The largest absolute Gasteiger partial charge is 0.456 e. The summed E-state index contributed by atoms with van der Waals surface area (Å²) in [4.78, 5) is 4.24. The van der Waals surface area contributed by atoms with Gasteiger partial charge in [-0.3, -0.25) is 4.98 Å². The van der Waals surface area contributed by atoms with Crippen LogP contribution in [0.5, 0.6) is 11.5 Å². The van der Waals surface area contributed by atoms with Gasteiger partial charge in [-0.25, -0.2) is 0 Å². The van der Waals surface area contributed by atoms with Crippen LogP contribution in [0.4, 0.5) is 0 Å². The fourth-order valence-electron chi connectivity index (χ4n) is 1.64. The minimum Gasteiger partial charge on any atom is -0.456 e. The number of ether oxygens (including phenoxy) is 1. The zero-order valence-corrected chi connectivity index (χ0v) is 10.8. The van der Waals surface area contributed by atoms with Gasteiger partial charge in [0, 0.05) is 16.8 Å². The Labute approximate surface area is 111 Å². The van der Waals surface area contributed by atoms with Crippen molar-refractivity contribution in [1.82, 2.24) is 4.98 Å². The Bertz CT molecular complexity index is 615. The number of nitrogens with zero attached hydrogens (tertiary/aromatic N) is 2. The summed E-state index contributed by atoms with van der Waals surface area (Å²) < 4.78 is 5.70. The highest BCUT2D eigenvalue weighted by Gasteiger charge is 2.10. The van der Waals surface area contributed by atoms with Crippen molar-refractivity contribution in [1.29, 1.82) is 5.26 Å². The van der Waals surface area contributed by atoms with Crippen molar-refractivity contribution in [3.05, 3.63) is 52.3 Å². The number of benzene rings is 1. The Balaban J connectivity index is 2.40. The molecule has 0 aliphatic rings. The van der Waals surface area contributed by atoms with E-state index in [1.54, 1.807) is 37.3 Å². The van der Waals surface area contributed by atoms with Crippen LogP contribution in [0, 0.1) is 25.2 Å². The Morgan fingerprint density at radius 1 is 1.22 bits per heavy atom. The molecule has 0 atom stereocenters. The highest BCUT2D eigenvalue weighted by molar-refractivity contribution is 6.30. The van der Waals surface area contributed by atoms with Gasteiger partial charge in [-0.15, -0.1) is 0 Å². The fraction of sp³-hybridized carbons (Fsp3) is 0.143. The molecule has 0 fully saturated rings. The van der Waals surface area contributed by atoms with Crippen LogP contribution in [-0.2, 0) is 0 Å². The maximum Gasteiger partial charge on any atom is 0.148 e. The summed E-state index contributed by atoms with van der Waals surface area (Å²) in [5.41, 5.74) is 1.94. The van der Waals surface area contributed by atoms with Crippen molar-refractivity contribution < 1.29 is 4.74 Å². The summed E-state index contributed by atoms with van der Waals surface area (Å²) >= 11 is 5.81. The summed E-state index contributed by atoms with van der Waals surface area (Å²) in [5.74, 6) is 1.16. The molecule has 0 N–H and O–H groups in total. The minimum atomic E-state index is 0.454. The second-order valence-corrected chi connectivity index (χ2v) is 4.33. The van der Waals surface area contributed by atoms with Crippen molar-refractivity contribution in [3.63, 3.8) is 0 Å². The van der Waals surface area contributed by atoms with Gasteiger partial charge in [0.15, 0.2) is 0 Å². The SMILES string of the molecule is Cc1cc(Oc2ccc(Cl)cc2)c(C#N)c(C)n1. The van der Waals surface area contributed by atoms with Crippen LogP contribution >= 0.6 is 11.6 Å². The molecule has 0 saturated carbocycles. The van der Waals surface area contributed by atoms with E-state index in [-0.39, 0.29) is 0 Å². The van der Waals surface area contributed by atoms with Gasteiger partial charge in [0.25, 0.3) is 0 Å². The molecule has 1 aromatic carbocycles. The van der Waals surface area contributed by atoms with E-state index in [1.165, 1.54) is 0 Å². The zero-order chi connectivity index (χ0) is 13.1. The summed E-state index contributed by atoms with van der Waals surface area (Å²) in [7, 11) is 0. The lowest BCUT2D eigenvalue weighted by atomic mass is 10.2. The van der Waals surface area contributed by atoms with Crippen molar-refractivity contribution >= 4 is 11.6 Å². The van der Waals surface area contributed by atoms with Gasteiger partial charge in [-0.05, 0) is 38.1 Å². The quantitative estimate of drug-likeness (QED) is 0.817. The first-order valence-corrected chi connectivity index (χ1v) is 5.79. The summed E-state index contributed by atoms with van der Waals surface area (Å²) in [5, 5.41) is 9.76. The molecule has 3 nitrogen and oxygen atoms in total. The number of halogens is 1. The van der Waals surface area contributed by atoms with Crippen molar-refractivity contribution in [3.8, 4) is 17.6 Å². The molecule has 0 unspecified atom stereocenters. The number of hydrogen-bond donors (Lipinski definition) is 0. The molecule has 90 valence electrons. The standard InChI is InChI=1S/C14H11ClN2O/c1-9-7-14(13(8-16)10(2)17-9)18-12-5-3-11(15)4-6-12/h3-7H,1-2H3. The van der Waals surface area contributed by atoms with Gasteiger partial charge >= 0.3 is 0 Å². The second kappa shape index (κ2) is 5.07. The second-order valence-electron chi connectivity index (χ2n) is 3.89. The monoisotopic (exact) mass is 258 g/mol. The molecular weight excluding hydrogens is 248 g/mol. The lowest BCUT2D eigenvalue weighted by Gasteiger charge is -2.09. The van der Waals surface area contributed by atoms with Crippen molar-refractivity contribution in [2.75, 3.05) is 0 Å². The highest BCUT2D eigenvalue weighted by Crippen LogP contribution is 2.27. The molecule has 0 bridgehead atoms. The fourth-order valence-corrected chi connectivity index (χ4v) is 1.76. The third-order valence-corrected chi connectivity index (χ3v) is 2.70. The van der Waals surface area contributed by atoms with E-state index in [1.807, 2.05) is 6.92 Å². The molecule has 1 aromatic heterocycles. The maximum atomic E-state index is 9.12. The molecular formula is C14H11ClN2O. The lowest BCUT2D eigenvalue weighted by Crippen LogP contribution is -1.96. The van der Waals surface area contributed by atoms with Crippen LogP contribution in [0.25, 0.3) is 0 Å². The van der Waals surface area contributed by atoms with Crippen LogP contribution in [0.2, 0.25) is 5.02 Å². The smallest absolute Gasteiger partial charge is 0.148 e. The molecule has 0 radical (unpaired) electrons. The van der Waals surface area contributed by atoms with E-state index in [2.05, 4.69) is 11.1 Å². The highest BCUT2D eigenvalue weighted by atomic mass is 35.5. The molecule has 0 aliphatic carbocycles. The molecule has 0 amide bonds.